The number of nitrogens with zero attached hydrogens (tertiary/aromatic N) is 1. The number of carbonyl (C=O) groups excluding carboxylic acids is 2. The highest BCUT2D eigenvalue weighted by molar-refractivity contribution is 6.00. The van der Waals surface area contributed by atoms with Gasteiger partial charge in [-0.1, -0.05) is 18.2 Å². The summed E-state index contributed by atoms with van der Waals surface area (Å²) in [6.45, 7) is 5.52. The van der Waals surface area contributed by atoms with E-state index in [-0.39, 0.29) is 19.2 Å². The van der Waals surface area contributed by atoms with Crippen molar-refractivity contribution in [3.05, 3.63) is 76.6 Å². The molecule has 0 spiro atoms. The molecular formula is C23H21NO5. The number of fused-ring (bicyclic) bond motifs is 1. The number of rotatable bonds is 5. The van der Waals surface area contributed by atoms with Crippen molar-refractivity contribution in [2.45, 2.75) is 20.8 Å². The van der Waals surface area contributed by atoms with Gasteiger partial charge in [-0.05, 0) is 50.6 Å². The molecule has 0 saturated carbocycles. The Morgan fingerprint density at radius 1 is 0.966 bits per heavy atom. The van der Waals surface area contributed by atoms with E-state index in [1.165, 1.54) is 0 Å². The maximum atomic E-state index is 12.7. The first-order valence-electron chi connectivity index (χ1n) is 9.30. The number of Topliss-reactive ketones (excluding diaryl/α,β-unsaturated/α-hetero) is 1. The fourth-order valence-electron chi connectivity index (χ4n) is 3.56. The summed E-state index contributed by atoms with van der Waals surface area (Å²) >= 11 is 0. The molecule has 6 nitrogen and oxygen atoms in total. The van der Waals surface area contributed by atoms with Gasteiger partial charge in [0.25, 0.3) is 0 Å². The van der Waals surface area contributed by atoms with Gasteiger partial charge in [0.15, 0.2) is 18.1 Å². The van der Waals surface area contributed by atoms with Crippen molar-refractivity contribution in [2.24, 2.45) is 0 Å². The van der Waals surface area contributed by atoms with Crippen LogP contribution in [-0.4, -0.2) is 29.7 Å². The van der Waals surface area contributed by atoms with Crippen LogP contribution in [0.25, 0.3) is 5.69 Å². The predicted octanol–water partition coefficient (Wildman–Crippen LogP) is 4.17. The van der Waals surface area contributed by atoms with Crippen LogP contribution in [-0.2, 0) is 4.74 Å². The molecule has 1 aliphatic heterocycles. The first-order chi connectivity index (χ1) is 14.0. The molecular weight excluding hydrogens is 370 g/mol. The third-order valence-electron chi connectivity index (χ3n) is 5.05. The molecule has 0 atom stereocenters. The Bertz CT molecular complexity index is 1110. The summed E-state index contributed by atoms with van der Waals surface area (Å²) in [6.07, 6.45) is 0. The van der Waals surface area contributed by atoms with Crippen molar-refractivity contribution in [1.82, 2.24) is 4.57 Å². The average molecular weight is 391 g/mol. The lowest BCUT2D eigenvalue weighted by molar-refractivity contribution is 0.0474. The first kappa shape index (κ1) is 18.8. The number of ketones is 1. The molecule has 0 radical (unpaired) electrons. The molecule has 0 unspecified atom stereocenters. The van der Waals surface area contributed by atoms with Gasteiger partial charge in [0, 0.05) is 28.7 Å². The lowest BCUT2D eigenvalue weighted by Gasteiger charge is -2.11. The van der Waals surface area contributed by atoms with Gasteiger partial charge < -0.3 is 18.8 Å². The topological polar surface area (TPSA) is 66.8 Å². The van der Waals surface area contributed by atoms with Crippen LogP contribution in [0.4, 0.5) is 0 Å². The number of hydrogen-bond donors (Lipinski definition) is 0. The molecule has 0 saturated heterocycles. The SMILES string of the molecule is Cc1ccccc1C(=O)OCC(=O)c1cc(C)n(-c2ccc3c(c2)OCO3)c1C. The van der Waals surface area contributed by atoms with Crippen LogP contribution in [0.2, 0.25) is 0 Å². The molecule has 0 amide bonds. The Balaban J connectivity index is 1.54. The second kappa shape index (κ2) is 7.47. The number of benzene rings is 2. The van der Waals surface area contributed by atoms with Gasteiger partial charge in [0.1, 0.15) is 0 Å². The number of esters is 1. The summed E-state index contributed by atoms with van der Waals surface area (Å²) in [6, 6.07) is 14.6. The van der Waals surface area contributed by atoms with Gasteiger partial charge in [-0.2, -0.15) is 0 Å². The van der Waals surface area contributed by atoms with Crippen molar-refractivity contribution in [3.8, 4) is 17.2 Å². The average Bonchev–Trinajstić information content (AvgIpc) is 3.29. The van der Waals surface area contributed by atoms with Crippen molar-refractivity contribution in [1.29, 1.82) is 0 Å². The third-order valence-corrected chi connectivity index (χ3v) is 5.05. The van der Waals surface area contributed by atoms with Crippen LogP contribution in [0.1, 0.15) is 37.7 Å². The zero-order chi connectivity index (χ0) is 20.5. The van der Waals surface area contributed by atoms with E-state index in [1.54, 1.807) is 12.1 Å². The normalized spacial score (nSPS) is 12.1. The number of carbonyl (C=O) groups is 2. The fourth-order valence-corrected chi connectivity index (χ4v) is 3.56. The van der Waals surface area contributed by atoms with Crippen LogP contribution in [0.5, 0.6) is 11.5 Å². The molecule has 148 valence electrons. The van der Waals surface area contributed by atoms with E-state index >= 15 is 0 Å². The van der Waals surface area contributed by atoms with Gasteiger partial charge in [-0.15, -0.1) is 0 Å². The summed E-state index contributed by atoms with van der Waals surface area (Å²) in [4.78, 5) is 25.0. The van der Waals surface area contributed by atoms with E-state index in [4.69, 9.17) is 14.2 Å². The molecule has 0 N–H and O–H groups in total. The number of aryl methyl sites for hydroxylation is 2. The van der Waals surface area contributed by atoms with Crippen LogP contribution >= 0.6 is 0 Å². The van der Waals surface area contributed by atoms with Crippen molar-refractivity contribution in [3.63, 3.8) is 0 Å². The van der Waals surface area contributed by atoms with E-state index in [2.05, 4.69) is 0 Å². The molecule has 3 aromatic rings. The minimum absolute atomic E-state index is 0.207. The minimum Gasteiger partial charge on any atom is -0.454 e. The number of aromatic nitrogens is 1. The van der Waals surface area contributed by atoms with Crippen LogP contribution in [0.3, 0.4) is 0 Å². The predicted molar refractivity (Wildman–Crippen MR) is 107 cm³/mol. The van der Waals surface area contributed by atoms with Gasteiger partial charge in [0.2, 0.25) is 12.6 Å². The standard InChI is InChI=1S/C23H21NO5/c1-14-6-4-5-7-18(14)23(26)27-12-20(25)19-10-15(2)24(16(19)3)17-8-9-21-22(11-17)29-13-28-21/h4-11H,12-13H2,1-3H3. The molecule has 2 heterocycles. The Kier molecular flexibility index (Phi) is 4.84. The maximum absolute atomic E-state index is 12.7. The minimum atomic E-state index is -0.499. The van der Waals surface area contributed by atoms with Crippen molar-refractivity contribution in [2.75, 3.05) is 13.4 Å². The van der Waals surface area contributed by atoms with Crippen molar-refractivity contribution >= 4 is 11.8 Å². The van der Waals surface area contributed by atoms with Crippen LogP contribution in [0, 0.1) is 20.8 Å². The van der Waals surface area contributed by atoms with Gasteiger partial charge in [-0.25, -0.2) is 4.79 Å². The number of hydrogen-bond acceptors (Lipinski definition) is 5. The molecule has 0 aliphatic carbocycles. The Labute approximate surface area is 168 Å². The Morgan fingerprint density at radius 2 is 1.72 bits per heavy atom. The second-order valence-corrected chi connectivity index (χ2v) is 6.97. The monoisotopic (exact) mass is 391 g/mol. The summed E-state index contributed by atoms with van der Waals surface area (Å²) in [5.74, 6) is 0.638. The lowest BCUT2D eigenvalue weighted by Crippen LogP contribution is -2.15. The zero-order valence-electron chi connectivity index (χ0n) is 16.5. The Hall–Kier alpha value is -3.54. The molecule has 0 bridgehead atoms. The summed E-state index contributed by atoms with van der Waals surface area (Å²) in [7, 11) is 0. The molecule has 1 aromatic heterocycles. The Morgan fingerprint density at radius 3 is 2.52 bits per heavy atom. The smallest absolute Gasteiger partial charge is 0.338 e. The highest BCUT2D eigenvalue weighted by atomic mass is 16.7. The molecule has 0 fully saturated rings. The summed E-state index contributed by atoms with van der Waals surface area (Å²) in [5, 5.41) is 0. The largest absolute Gasteiger partial charge is 0.454 e. The summed E-state index contributed by atoms with van der Waals surface area (Å²) in [5.41, 5.74) is 4.35. The van der Waals surface area contributed by atoms with Gasteiger partial charge in [0.05, 0.1) is 5.56 Å². The molecule has 2 aromatic carbocycles. The number of ether oxygens (including phenoxy) is 3. The second-order valence-electron chi connectivity index (χ2n) is 6.97. The van der Waals surface area contributed by atoms with E-state index in [0.717, 1.165) is 22.6 Å². The van der Waals surface area contributed by atoms with E-state index in [1.807, 2.05) is 61.7 Å². The zero-order valence-corrected chi connectivity index (χ0v) is 16.5. The van der Waals surface area contributed by atoms with E-state index in [9.17, 15) is 9.59 Å². The molecule has 1 aliphatic rings. The quantitative estimate of drug-likeness (QED) is 0.482. The lowest BCUT2D eigenvalue weighted by atomic mass is 10.1. The highest BCUT2D eigenvalue weighted by Gasteiger charge is 2.21. The van der Waals surface area contributed by atoms with Gasteiger partial charge in [-0.3, -0.25) is 4.79 Å². The molecule has 4 rings (SSSR count). The van der Waals surface area contributed by atoms with E-state index in [0.29, 0.717) is 22.6 Å². The van der Waals surface area contributed by atoms with Crippen molar-refractivity contribution < 1.29 is 23.8 Å². The van der Waals surface area contributed by atoms with E-state index < -0.39 is 5.97 Å². The molecule has 6 heteroatoms. The first-order valence-corrected chi connectivity index (χ1v) is 9.30. The molecule has 29 heavy (non-hydrogen) atoms. The van der Waals surface area contributed by atoms with Gasteiger partial charge >= 0.3 is 5.97 Å². The van der Waals surface area contributed by atoms with Crippen LogP contribution < -0.4 is 9.47 Å². The highest BCUT2D eigenvalue weighted by Crippen LogP contribution is 2.34. The van der Waals surface area contributed by atoms with Crippen LogP contribution in [0.15, 0.2) is 48.5 Å². The maximum Gasteiger partial charge on any atom is 0.338 e. The third kappa shape index (κ3) is 3.49. The fraction of sp³-hybridized carbons (Fsp3) is 0.217. The summed E-state index contributed by atoms with van der Waals surface area (Å²) < 4.78 is 18.0.